The summed E-state index contributed by atoms with van der Waals surface area (Å²) in [7, 11) is 4.82. The van der Waals surface area contributed by atoms with Gasteiger partial charge in [0.05, 0.1) is 0 Å². The number of aromatic nitrogens is 1. The van der Waals surface area contributed by atoms with Gasteiger partial charge in [0, 0.05) is 23.6 Å². The van der Waals surface area contributed by atoms with Crippen molar-refractivity contribution in [2.75, 3.05) is 0 Å². The van der Waals surface area contributed by atoms with E-state index in [4.69, 9.17) is 0 Å². The zero-order valence-corrected chi connectivity index (χ0v) is 8.49. The SMILES string of the molecule is Cc1cc2cc(P)ccc2n1C. The zero-order valence-electron chi connectivity index (χ0n) is 7.33. The average Bonchev–Trinajstić information content (AvgIpc) is 2.28. The second-order valence-corrected chi connectivity index (χ2v) is 3.83. The van der Waals surface area contributed by atoms with E-state index in [9.17, 15) is 0 Å². The molecule has 0 amide bonds. The van der Waals surface area contributed by atoms with Crippen LogP contribution in [-0.4, -0.2) is 4.57 Å². The van der Waals surface area contributed by atoms with Crippen molar-refractivity contribution >= 4 is 25.4 Å². The summed E-state index contributed by atoms with van der Waals surface area (Å²) in [6, 6.07) is 8.67. The molecule has 2 rings (SSSR count). The van der Waals surface area contributed by atoms with E-state index >= 15 is 0 Å². The van der Waals surface area contributed by atoms with Crippen LogP contribution in [-0.2, 0) is 7.05 Å². The average molecular weight is 177 g/mol. The first-order valence-electron chi connectivity index (χ1n) is 4.00. The number of nitrogens with zero attached hydrogens (tertiary/aromatic N) is 1. The molecule has 2 heteroatoms. The Hall–Kier alpha value is -0.810. The van der Waals surface area contributed by atoms with Crippen molar-refractivity contribution < 1.29 is 0 Å². The summed E-state index contributed by atoms with van der Waals surface area (Å²) in [5.74, 6) is 0. The Labute approximate surface area is 74.6 Å². The van der Waals surface area contributed by atoms with Crippen LogP contribution in [0.25, 0.3) is 10.9 Å². The first-order chi connectivity index (χ1) is 5.68. The minimum atomic E-state index is 1.24. The lowest BCUT2D eigenvalue weighted by Gasteiger charge is -1.98. The van der Waals surface area contributed by atoms with Gasteiger partial charge in [-0.25, -0.2) is 0 Å². The summed E-state index contributed by atoms with van der Waals surface area (Å²) < 4.78 is 2.21. The molecule has 0 radical (unpaired) electrons. The van der Waals surface area contributed by atoms with Gasteiger partial charge < -0.3 is 4.57 Å². The van der Waals surface area contributed by atoms with Gasteiger partial charge >= 0.3 is 0 Å². The summed E-state index contributed by atoms with van der Waals surface area (Å²) >= 11 is 0. The monoisotopic (exact) mass is 177 g/mol. The number of hydrogen-bond donors (Lipinski definition) is 0. The molecule has 0 spiro atoms. The van der Waals surface area contributed by atoms with Crippen LogP contribution in [0.5, 0.6) is 0 Å². The highest BCUT2D eigenvalue weighted by Crippen LogP contribution is 2.16. The fraction of sp³-hybridized carbons (Fsp3) is 0.200. The molecule has 62 valence electrons. The summed E-state index contributed by atoms with van der Waals surface area (Å²) in [6.07, 6.45) is 0. The number of fused-ring (bicyclic) bond motifs is 1. The molecule has 0 fully saturated rings. The van der Waals surface area contributed by atoms with Gasteiger partial charge in [-0.05, 0) is 30.4 Å². The van der Waals surface area contributed by atoms with Crippen LogP contribution in [0.1, 0.15) is 5.69 Å². The molecular weight excluding hydrogens is 165 g/mol. The molecule has 0 saturated carbocycles. The molecule has 0 bridgehead atoms. The van der Waals surface area contributed by atoms with E-state index in [1.165, 1.54) is 21.9 Å². The van der Waals surface area contributed by atoms with E-state index in [0.29, 0.717) is 0 Å². The van der Waals surface area contributed by atoms with E-state index in [1.54, 1.807) is 0 Å². The number of benzene rings is 1. The van der Waals surface area contributed by atoms with Gasteiger partial charge in [0.25, 0.3) is 0 Å². The fourth-order valence-electron chi connectivity index (χ4n) is 1.51. The number of aryl methyl sites for hydroxylation is 2. The molecular formula is C10H12NP. The molecule has 0 N–H and O–H groups in total. The summed E-state index contributed by atoms with van der Waals surface area (Å²) in [5, 5.41) is 2.57. The Balaban J connectivity index is 2.87. The maximum atomic E-state index is 2.72. The van der Waals surface area contributed by atoms with Crippen LogP contribution >= 0.6 is 9.24 Å². The van der Waals surface area contributed by atoms with Crippen molar-refractivity contribution in [1.82, 2.24) is 4.57 Å². The molecule has 12 heavy (non-hydrogen) atoms. The molecule has 1 aromatic carbocycles. The minimum absolute atomic E-state index is 1.24. The molecule has 0 aliphatic carbocycles. The topological polar surface area (TPSA) is 4.93 Å². The predicted octanol–water partition coefficient (Wildman–Crippen LogP) is 1.99. The maximum Gasteiger partial charge on any atom is 0.0480 e. The Bertz CT molecular complexity index is 429. The summed E-state index contributed by atoms with van der Waals surface area (Å²) in [4.78, 5) is 0. The van der Waals surface area contributed by atoms with E-state index in [0.717, 1.165) is 0 Å². The lowest BCUT2D eigenvalue weighted by atomic mass is 10.2. The minimum Gasteiger partial charge on any atom is -0.348 e. The van der Waals surface area contributed by atoms with Gasteiger partial charge in [-0.15, -0.1) is 9.24 Å². The maximum absolute atomic E-state index is 2.72. The van der Waals surface area contributed by atoms with Crippen molar-refractivity contribution in [3.05, 3.63) is 30.0 Å². The van der Waals surface area contributed by atoms with Crippen molar-refractivity contribution in [2.45, 2.75) is 6.92 Å². The fourth-order valence-corrected chi connectivity index (χ4v) is 1.78. The van der Waals surface area contributed by atoms with Crippen LogP contribution in [0.15, 0.2) is 24.3 Å². The van der Waals surface area contributed by atoms with Gasteiger partial charge in [0.1, 0.15) is 0 Å². The van der Waals surface area contributed by atoms with Crippen LogP contribution in [0.3, 0.4) is 0 Å². The standard InChI is InChI=1S/C10H12NP/c1-7-5-8-6-9(12)3-4-10(8)11(7)2/h3-6H,12H2,1-2H3. The molecule has 0 aliphatic heterocycles. The molecule has 1 heterocycles. The van der Waals surface area contributed by atoms with E-state index < -0.39 is 0 Å². The highest BCUT2D eigenvalue weighted by Gasteiger charge is 2.00. The third-order valence-electron chi connectivity index (χ3n) is 2.31. The van der Waals surface area contributed by atoms with Gasteiger partial charge in [0.2, 0.25) is 0 Å². The Morgan fingerprint density at radius 2 is 2.00 bits per heavy atom. The normalized spacial score (nSPS) is 10.9. The van der Waals surface area contributed by atoms with Crippen LogP contribution < -0.4 is 5.30 Å². The van der Waals surface area contributed by atoms with Gasteiger partial charge in [-0.3, -0.25) is 0 Å². The molecule has 0 saturated heterocycles. The molecule has 1 aromatic heterocycles. The largest absolute Gasteiger partial charge is 0.348 e. The van der Waals surface area contributed by atoms with E-state index in [-0.39, 0.29) is 0 Å². The highest BCUT2D eigenvalue weighted by molar-refractivity contribution is 7.27. The van der Waals surface area contributed by atoms with Crippen molar-refractivity contribution in [2.24, 2.45) is 7.05 Å². The lowest BCUT2D eigenvalue weighted by Crippen LogP contribution is -1.91. The molecule has 1 nitrogen and oxygen atoms in total. The van der Waals surface area contributed by atoms with Crippen LogP contribution in [0, 0.1) is 6.92 Å². The van der Waals surface area contributed by atoms with Crippen LogP contribution in [0.2, 0.25) is 0 Å². The van der Waals surface area contributed by atoms with Crippen molar-refractivity contribution in [3.63, 3.8) is 0 Å². The van der Waals surface area contributed by atoms with E-state index in [1.807, 2.05) is 0 Å². The second kappa shape index (κ2) is 2.60. The third kappa shape index (κ3) is 1.05. The molecule has 2 aromatic rings. The first-order valence-corrected chi connectivity index (χ1v) is 4.58. The Kier molecular flexibility index (Phi) is 1.69. The summed E-state index contributed by atoms with van der Waals surface area (Å²) in [6.45, 7) is 2.13. The van der Waals surface area contributed by atoms with E-state index in [2.05, 4.69) is 52.0 Å². The number of hydrogen-bond acceptors (Lipinski definition) is 0. The Morgan fingerprint density at radius 3 is 2.75 bits per heavy atom. The highest BCUT2D eigenvalue weighted by atomic mass is 31.0. The molecule has 1 atom stereocenters. The molecule has 1 unspecified atom stereocenters. The van der Waals surface area contributed by atoms with Crippen LogP contribution in [0.4, 0.5) is 0 Å². The molecule has 0 aliphatic rings. The number of rotatable bonds is 0. The summed E-state index contributed by atoms with van der Waals surface area (Å²) in [5.41, 5.74) is 2.61. The van der Waals surface area contributed by atoms with Gasteiger partial charge in [0.15, 0.2) is 0 Å². The third-order valence-corrected chi connectivity index (χ3v) is 2.67. The first kappa shape index (κ1) is 7.82. The smallest absolute Gasteiger partial charge is 0.0480 e. The van der Waals surface area contributed by atoms with Crippen molar-refractivity contribution in [1.29, 1.82) is 0 Å². The lowest BCUT2D eigenvalue weighted by molar-refractivity contribution is 0.918. The van der Waals surface area contributed by atoms with Crippen molar-refractivity contribution in [3.8, 4) is 0 Å². The van der Waals surface area contributed by atoms with Gasteiger partial charge in [-0.2, -0.15) is 0 Å². The second-order valence-electron chi connectivity index (χ2n) is 3.16. The Morgan fingerprint density at radius 1 is 1.25 bits per heavy atom. The van der Waals surface area contributed by atoms with Gasteiger partial charge in [-0.1, -0.05) is 6.07 Å². The predicted molar refractivity (Wildman–Crippen MR) is 57.0 cm³/mol. The quantitative estimate of drug-likeness (QED) is 0.542. The zero-order chi connectivity index (χ0) is 8.72.